The molecule has 1 heterocycles. The van der Waals surface area contributed by atoms with Crippen LogP contribution in [0.15, 0.2) is 30.6 Å². The Morgan fingerprint density at radius 2 is 2.33 bits per heavy atom. The summed E-state index contributed by atoms with van der Waals surface area (Å²) >= 11 is 0. The van der Waals surface area contributed by atoms with E-state index in [1.165, 1.54) is 6.33 Å². The molecule has 0 unspecified atom stereocenters. The molecule has 1 aromatic heterocycles. The van der Waals surface area contributed by atoms with Crippen molar-refractivity contribution in [1.82, 2.24) is 15.2 Å². The molecule has 0 aliphatic rings. The fourth-order valence-corrected chi connectivity index (χ4v) is 1.22. The van der Waals surface area contributed by atoms with Crippen molar-refractivity contribution in [2.45, 2.75) is 0 Å². The van der Waals surface area contributed by atoms with Gasteiger partial charge in [-0.3, -0.25) is 9.89 Å². The van der Waals surface area contributed by atoms with Crippen LogP contribution in [0.5, 0.6) is 5.75 Å². The van der Waals surface area contributed by atoms with E-state index in [-0.39, 0.29) is 11.6 Å². The summed E-state index contributed by atoms with van der Waals surface area (Å²) in [6.45, 7) is 0. The molecule has 5 heteroatoms. The van der Waals surface area contributed by atoms with Crippen LogP contribution in [0.3, 0.4) is 0 Å². The quantitative estimate of drug-likeness (QED) is 0.757. The number of benzene rings is 1. The van der Waals surface area contributed by atoms with Gasteiger partial charge in [0.2, 0.25) is 5.78 Å². The largest absolute Gasteiger partial charge is 0.497 e. The predicted molar refractivity (Wildman–Crippen MR) is 52.8 cm³/mol. The third kappa shape index (κ3) is 1.85. The summed E-state index contributed by atoms with van der Waals surface area (Å²) in [6, 6.07) is 6.89. The van der Waals surface area contributed by atoms with Gasteiger partial charge in [0.25, 0.3) is 0 Å². The first-order chi connectivity index (χ1) is 7.31. The van der Waals surface area contributed by atoms with Gasteiger partial charge in [-0.1, -0.05) is 12.1 Å². The number of rotatable bonds is 3. The Hall–Kier alpha value is -2.17. The maximum atomic E-state index is 11.8. The molecule has 0 aliphatic heterocycles. The third-order valence-electron chi connectivity index (χ3n) is 1.96. The van der Waals surface area contributed by atoms with E-state index in [0.29, 0.717) is 11.3 Å². The number of nitrogens with zero attached hydrogens (tertiary/aromatic N) is 2. The molecular formula is C10H9N3O2. The SMILES string of the molecule is COc1cccc(C(=O)c2ncn[nH]2)c1. The topological polar surface area (TPSA) is 67.9 Å². The standard InChI is InChI=1S/C10H9N3O2/c1-15-8-4-2-3-7(5-8)9(14)10-11-6-12-13-10/h2-6H,1H3,(H,11,12,13). The fourth-order valence-electron chi connectivity index (χ4n) is 1.22. The van der Waals surface area contributed by atoms with E-state index in [9.17, 15) is 4.79 Å². The first kappa shape index (κ1) is 9.39. The van der Waals surface area contributed by atoms with Gasteiger partial charge in [-0.15, -0.1) is 0 Å². The average molecular weight is 203 g/mol. The Morgan fingerprint density at radius 3 is 3.00 bits per heavy atom. The molecule has 0 saturated heterocycles. The Morgan fingerprint density at radius 1 is 1.47 bits per heavy atom. The maximum absolute atomic E-state index is 11.8. The summed E-state index contributed by atoms with van der Waals surface area (Å²) in [4.78, 5) is 15.6. The molecule has 2 rings (SSSR count). The van der Waals surface area contributed by atoms with Gasteiger partial charge in [-0.05, 0) is 12.1 Å². The molecule has 0 atom stereocenters. The number of methoxy groups -OCH3 is 1. The monoisotopic (exact) mass is 203 g/mol. The Labute approximate surface area is 86.1 Å². The number of carbonyl (C=O) groups is 1. The number of aromatic nitrogens is 3. The van der Waals surface area contributed by atoms with Crippen LogP contribution in [0.1, 0.15) is 16.2 Å². The van der Waals surface area contributed by atoms with E-state index in [1.54, 1.807) is 31.4 Å². The zero-order valence-electron chi connectivity index (χ0n) is 8.10. The molecule has 0 radical (unpaired) electrons. The lowest BCUT2D eigenvalue weighted by Crippen LogP contribution is -2.03. The molecule has 0 aliphatic carbocycles. The second kappa shape index (κ2) is 3.91. The van der Waals surface area contributed by atoms with Crippen LogP contribution in [0.4, 0.5) is 0 Å². The Kier molecular flexibility index (Phi) is 2.45. The lowest BCUT2D eigenvalue weighted by atomic mass is 10.1. The van der Waals surface area contributed by atoms with Crippen LogP contribution in [-0.2, 0) is 0 Å². The summed E-state index contributed by atoms with van der Waals surface area (Å²) in [5, 5.41) is 6.14. The highest BCUT2D eigenvalue weighted by Crippen LogP contribution is 2.14. The summed E-state index contributed by atoms with van der Waals surface area (Å²) in [6.07, 6.45) is 1.30. The van der Waals surface area contributed by atoms with Crippen LogP contribution in [0.25, 0.3) is 0 Å². The van der Waals surface area contributed by atoms with Crippen LogP contribution >= 0.6 is 0 Å². The van der Waals surface area contributed by atoms with Gasteiger partial charge in [0.05, 0.1) is 7.11 Å². The number of H-pyrrole nitrogens is 1. The molecule has 1 aromatic carbocycles. The lowest BCUT2D eigenvalue weighted by Gasteiger charge is -2.01. The molecule has 0 saturated carbocycles. The van der Waals surface area contributed by atoms with Crippen LogP contribution in [-0.4, -0.2) is 28.1 Å². The first-order valence-electron chi connectivity index (χ1n) is 4.35. The number of ketones is 1. The van der Waals surface area contributed by atoms with E-state index in [2.05, 4.69) is 15.2 Å². The minimum atomic E-state index is -0.202. The van der Waals surface area contributed by atoms with Gasteiger partial charge in [0.1, 0.15) is 12.1 Å². The average Bonchev–Trinajstić information content (AvgIpc) is 2.81. The lowest BCUT2D eigenvalue weighted by molar-refractivity contribution is 0.102. The van der Waals surface area contributed by atoms with Crippen molar-refractivity contribution in [3.63, 3.8) is 0 Å². The number of carbonyl (C=O) groups excluding carboxylic acids is 1. The van der Waals surface area contributed by atoms with Gasteiger partial charge in [-0.2, -0.15) is 5.10 Å². The number of ether oxygens (including phenoxy) is 1. The third-order valence-corrected chi connectivity index (χ3v) is 1.96. The fraction of sp³-hybridized carbons (Fsp3) is 0.100. The minimum Gasteiger partial charge on any atom is -0.497 e. The highest BCUT2D eigenvalue weighted by Gasteiger charge is 2.11. The van der Waals surface area contributed by atoms with Crippen LogP contribution in [0.2, 0.25) is 0 Å². The highest BCUT2D eigenvalue weighted by atomic mass is 16.5. The number of hydrogen-bond acceptors (Lipinski definition) is 4. The van der Waals surface area contributed by atoms with Crippen molar-refractivity contribution in [2.24, 2.45) is 0 Å². The summed E-state index contributed by atoms with van der Waals surface area (Å²) in [5.74, 6) is 0.662. The van der Waals surface area contributed by atoms with Crippen molar-refractivity contribution >= 4 is 5.78 Å². The first-order valence-corrected chi connectivity index (χ1v) is 4.35. The van der Waals surface area contributed by atoms with E-state index >= 15 is 0 Å². The van der Waals surface area contributed by atoms with Crippen molar-refractivity contribution < 1.29 is 9.53 Å². The summed E-state index contributed by atoms with van der Waals surface area (Å²) in [5.41, 5.74) is 0.520. The van der Waals surface area contributed by atoms with Gasteiger partial charge in [0.15, 0.2) is 5.82 Å². The van der Waals surface area contributed by atoms with Gasteiger partial charge < -0.3 is 4.74 Å². The normalized spacial score (nSPS) is 9.93. The Balaban J connectivity index is 2.34. The maximum Gasteiger partial charge on any atom is 0.229 e. The van der Waals surface area contributed by atoms with Crippen molar-refractivity contribution in [3.8, 4) is 5.75 Å². The molecular weight excluding hydrogens is 194 g/mol. The van der Waals surface area contributed by atoms with Gasteiger partial charge in [-0.25, -0.2) is 4.98 Å². The van der Waals surface area contributed by atoms with Crippen molar-refractivity contribution in [1.29, 1.82) is 0 Å². The number of nitrogens with one attached hydrogen (secondary N) is 1. The van der Waals surface area contributed by atoms with E-state index in [4.69, 9.17) is 4.74 Å². The molecule has 76 valence electrons. The van der Waals surface area contributed by atoms with E-state index in [1.807, 2.05) is 0 Å². The van der Waals surface area contributed by atoms with E-state index in [0.717, 1.165) is 0 Å². The van der Waals surface area contributed by atoms with Crippen LogP contribution in [0, 0.1) is 0 Å². The van der Waals surface area contributed by atoms with Crippen LogP contribution < -0.4 is 4.74 Å². The van der Waals surface area contributed by atoms with Gasteiger partial charge in [0, 0.05) is 5.56 Å². The molecule has 5 nitrogen and oxygen atoms in total. The van der Waals surface area contributed by atoms with Gasteiger partial charge >= 0.3 is 0 Å². The molecule has 0 fully saturated rings. The number of hydrogen-bond donors (Lipinski definition) is 1. The zero-order chi connectivity index (χ0) is 10.7. The molecule has 0 amide bonds. The second-order valence-corrected chi connectivity index (χ2v) is 2.90. The van der Waals surface area contributed by atoms with Crippen molar-refractivity contribution in [3.05, 3.63) is 42.0 Å². The van der Waals surface area contributed by atoms with E-state index < -0.39 is 0 Å². The molecule has 0 bridgehead atoms. The Bertz CT molecular complexity index is 465. The summed E-state index contributed by atoms with van der Waals surface area (Å²) in [7, 11) is 1.55. The molecule has 2 aromatic rings. The smallest absolute Gasteiger partial charge is 0.229 e. The molecule has 15 heavy (non-hydrogen) atoms. The molecule has 1 N–H and O–H groups in total. The minimum absolute atomic E-state index is 0.202. The second-order valence-electron chi connectivity index (χ2n) is 2.90. The zero-order valence-corrected chi connectivity index (χ0v) is 8.10. The predicted octanol–water partition coefficient (Wildman–Crippen LogP) is 1.04. The van der Waals surface area contributed by atoms with Crippen molar-refractivity contribution in [2.75, 3.05) is 7.11 Å². The summed E-state index contributed by atoms with van der Waals surface area (Å²) < 4.78 is 5.02. The highest BCUT2D eigenvalue weighted by molar-refractivity contribution is 6.06. The number of aromatic amines is 1. The molecule has 0 spiro atoms.